The molecule has 0 N–H and O–H groups in total. The molecule has 0 aliphatic heterocycles. The van der Waals surface area contributed by atoms with Crippen molar-refractivity contribution in [2.75, 3.05) is 0 Å². The van der Waals surface area contributed by atoms with Crippen LogP contribution in [0.25, 0.3) is 0 Å². The summed E-state index contributed by atoms with van der Waals surface area (Å²) in [4.78, 5) is 12.8. The van der Waals surface area contributed by atoms with Crippen molar-refractivity contribution in [1.29, 1.82) is 0 Å². The Balaban J connectivity index is 1.67. The third-order valence-electron chi connectivity index (χ3n) is 8.76. The van der Waals surface area contributed by atoms with Gasteiger partial charge in [0.05, 0.1) is 0 Å². The summed E-state index contributed by atoms with van der Waals surface area (Å²) in [5.41, 5.74) is 4.14. The van der Waals surface area contributed by atoms with E-state index in [0.717, 1.165) is 24.7 Å². The molecule has 0 heterocycles. The van der Waals surface area contributed by atoms with Crippen LogP contribution >= 0.6 is 0 Å². The molecule has 23 heavy (non-hydrogen) atoms. The Morgan fingerprint density at radius 1 is 1.26 bits per heavy atom. The van der Waals surface area contributed by atoms with E-state index < -0.39 is 0 Å². The molecule has 0 saturated heterocycles. The van der Waals surface area contributed by atoms with Crippen molar-refractivity contribution < 1.29 is 4.79 Å². The number of carbonyl (C=O) groups excluding carboxylic acids is 1. The van der Waals surface area contributed by atoms with E-state index in [1.54, 1.807) is 11.1 Å². The molecule has 5 aliphatic carbocycles. The molecule has 0 aromatic heterocycles. The minimum atomic E-state index is 0.00299. The summed E-state index contributed by atoms with van der Waals surface area (Å²) < 4.78 is 0. The third kappa shape index (κ3) is 1.34. The van der Waals surface area contributed by atoms with E-state index in [4.69, 9.17) is 0 Å². The number of Topliss-reactive ketones (excluding diaryl/α,β-unsaturated/α-hetero) is 1. The van der Waals surface area contributed by atoms with Crippen molar-refractivity contribution in [3.05, 3.63) is 23.3 Å². The largest absolute Gasteiger partial charge is 0.299 e. The van der Waals surface area contributed by atoms with E-state index in [2.05, 4.69) is 32.9 Å². The van der Waals surface area contributed by atoms with Crippen molar-refractivity contribution in [3.8, 4) is 0 Å². The molecule has 4 fully saturated rings. The lowest BCUT2D eigenvalue weighted by Crippen LogP contribution is -2.30. The molecule has 0 aromatic carbocycles. The molecule has 6 unspecified atom stereocenters. The summed E-state index contributed by atoms with van der Waals surface area (Å²) in [6, 6.07) is 0. The first-order valence-corrected chi connectivity index (χ1v) is 9.96. The molecule has 1 nitrogen and oxygen atoms in total. The summed E-state index contributed by atoms with van der Waals surface area (Å²) in [5.74, 6) is 2.95. The van der Waals surface area contributed by atoms with Crippen molar-refractivity contribution in [2.24, 2.45) is 34.0 Å². The lowest BCUT2D eigenvalue weighted by molar-refractivity contribution is -0.126. The third-order valence-corrected chi connectivity index (χ3v) is 8.76. The Labute approximate surface area is 140 Å². The van der Waals surface area contributed by atoms with Gasteiger partial charge >= 0.3 is 0 Å². The van der Waals surface area contributed by atoms with Gasteiger partial charge in [0.1, 0.15) is 5.78 Å². The van der Waals surface area contributed by atoms with Crippen molar-refractivity contribution in [1.82, 2.24) is 0 Å². The predicted molar refractivity (Wildman–Crippen MR) is 92.9 cm³/mol. The summed E-state index contributed by atoms with van der Waals surface area (Å²) in [7, 11) is 0. The molecule has 0 amide bonds. The molecule has 6 atom stereocenters. The van der Waals surface area contributed by atoms with E-state index in [-0.39, 0.29) is 5.41 Å². The molecule has 5 rings (SSSR count). The minimum absolute atomic E-state index is 0.00299. The maximum absolute atomic E-state index is 12.8. The van der Waals surface area contributed by atoms with Crippen LogP contribution in [0.15, 0.2) is 23.3 Å². The average Bonchev–Trinajstić information content (AvgIpc) is 2.94. The first-order chi connectivity index (χ1) is 11.0. The predicted octanol–water partition coefficient (Wildman–Crippen LogP) is 5.46. The van der Waals surface area contributed by atoms with Gasteiger partial charge in [0, 0.05) is 17.3 Å². The van der Waals surface area contributed by atoms with Crippen LogP contribution in [0.3, 0.4) is 0 Å². The smallest absolute Gasteiger partial charge is 0.139 e. The van der Waals surface area contributed by atoms with Gasteiger partial charge in [-0.1, -0.05) is 45.8 Å². The molecule has 0 radical (unpaired) electrons. The van der Waals surface area contributed by atoms with E-state index in [1.807, 2.05) is 0 Å². The van der Waals surface area contributed by atoms with E-state index in [1.165, 1.54) is 38.5 Å². The second-order valence-corrected chi connectivity index (χ2v) is 9.45. The van der Waals surface area contributed by atoms with E-state index in [0.29, 0.717) is 22.5 Å². The minimum Gasteiger partial charge on any atom is -0.299 e. The molecule has 5 aliphatic rings. The molecule has 124 valence electrons. The van der Waals surface area contributed by atoms with Gasteiger partial charge in [0.15, 0.2) is 0 Å². The van der Waals surface area contributed by atoms with E-state index >= 15 is 0 Å². The highest BCUT2D eigenvalue weighted by Gasteiger charge is 2.90. The molecule has 2 spiro atoms. The van der Waals surface area contributed by atoms with Gasteiger partial charge in [-0.15, -0.1) is 0 Å². The van der Waals surface area contributed by atoms with Gasteiger partial charge < -0.3 is 0 Å². The van der Waals surface area contributed by atoms with Crippen LogP contribution in [0, 0.1) is 34.0 Å². The summed E-state index contributed by atoms with van der Waals surface area (Å²) in [6.07, 6.45) is 14.8. The fourth-order valence-electron chi connectivity index (χ4n) is 8.12. The highest BCUT2D eigenvalue weighted by molar-refractivity contribution is 5.91. The number of rotatable bonds is 2. The van der Waals surface area contributed by atoms with Crippen LogP contribution < -0.4 is 0 Å². The van der Waals surface area contributed by atoms with Gasteiger partial charge in [0.2, 0.25) is 0 Å². The second-order valence-electron chi connectivity index (χ2n) is 9.45. The maximum atomic E-state index is 12.8. The van der Waals surface area contributed by atoms with Crippen LogP contribution in [0.4, 0.5) is 0 Å². The normalized spacial score (nSPS) is 53.0. The van der Waals surface area contributed by atoms with Gasteiger partial charge in [-0.05, 0) is 66.4 Å². The number of carbonyl (C=O) groups is 1. The van der Waals surface area contributed by atoms with Crippen LogP contribution in [-0.4, -0.2) is 5.78 Å². The number of hydrogen-bond donors (Lipinski definition) is 0. The van der Waals surface area contributed by atoms with Gasteiger partial charge in [-0.25, -0.2) is 0 Å². The number of ketones is 1. The Morgan fingerprint density at radius 3 is 2.87 bits per heavy atom. The molecule has 1 heteroatoms. The van der Waals surface area contributed by atoms with Gasteiger partial charge in [-0.2, -0.15) is 0 Å². The zero-order valence-corrected chi connectivity index (χ0v) is 15.0. The van der Waals surface area contributed by atoms with Crippen molar-refractivity contribution in [2.45, 2.75) is 72.1 Å². The SMILES string of the molecule is CCCC1CC2=CC(C)CC=C2C23CCC4(C)C(=O)CCC42C13. The fraction of sp³-hybridized carbons (Fsp3) is 0.773. The molecule has 4 saturated carbocycles. The molecular formula is C22H30O. The molecular weight excluding hydrogens is 280 g/mol. The highest BCUT2D eigenvalue weighted by Crippen LogP contribution is 2.93. The van der Waals surface area contributed by atoms with Crippen molar-refractivity contribution >= 4 is 5.78 Å². The second kappa shape index (κ2) is 4.21. The van der Waals surface area contributed by atoms with Crippen LogP contribution in [0.5, 0.6) is 0 Å². The van der Waals surface area contributed by atoms with Crippen LogP contribution in [0.1, 0.15) is 72.1 Å². The maximum Gasteiger partial charge on any atom is 0.139 e. The van der Waals surface area contributed by atoms with E-state index in [9.17, 15) is 4.79 Å². The average molecular weight is 310 g/mol. The summed E-state index contributed by atoms with van der Waals surface area (Å²) in [6.45, 7) is 7.04. The highest BCUT2D eigenvalue weighted by atomic mass is 16.1. The molecule has 0 bridgehead atoms. The Bertz CT molecular complexity index is 655. The monoisotopic (exact) mass is 310 g/mol. The number of fused-ring (bicyclic) bond motifs is 1. The summed E-state index contributed by atoms with van der Waals surface area (Å²) in [5, 5.41) is 0. The number of allylic oxidation sites excluding steroid dienone is 4. The number of hydrogen-bond acceptors (Lipinski definition) is 1. The quantitative estimate of drug-likeness (QED) is 0.661. The fourth-order valence-corrected chi connectivity index (χ4v) is 8.12. The Kier molecular flexibility index (Phi) is 2.65. The first-order valence-electron chi connectivity index (χ1n) is 9.96. The zero-order valence-electron chi connectivity index (χ0n) is 15.0. The van der Waals surface area contributed by atoms with Crippen LogP contribution in [-0.2, 0) is 4.79 Å². The first kappa shape index (κ1) is 14.5. The Hall–Kier alpha value is -0.850. The Morgan fingerprint density at radius 2 is 2.09 bits per heavy atom. The lowest BCUT2D eigenvalue weighted by atomic mass is 9.68. The molecule has 0 aromatic rings. The van der Waals surface area contributed by atoms with Gasteiger partial charge in [-0.3, -0.25) is 4.79 Å². The van der Waals surface area contributed by atoms with Gasteiger partial charge in [0.25, 0.3) is 0 Å². The lowest BCUT2D eigenvalue weighted by Gasteiger charge is -2.36. The zero-order chi connectivity index (χ0) is 16.0. The topological polar surface area (TPSA) is 17.1 Å². The standard InChI is InChI=1S/C22H30O/c1-4-5-15-13-16-12-14(2)6-7-17(16)21-11-10-20(3)18(23)8-9-22(20,21)19(15)21/h7,12,14-15,19H,4-6,8-11,13H2,1-3H3. The summed E-state index contributed by atoms with van der Waals surface area (Å²) >= 11 is 0. The van der Waals surface area contributed by atoms with Crippen LogP contribution in [0.2, 0.25) is 0 Å². The van der Waals surface area contributed by atoms with Crippen molar-refractivity contribution in [3.63, 3.8) is 0 Å².